The van der Waals surface area contributed by atoms with Crippen molar-refractivity contribution in [3.05, 3.63) is 64.2 Å². The standard InChI is InChI=1S/C24H26O6/c1-4-16-11-18-13-29-24(23(27)22(26)21(25)14(3)30-24)20(18)12-17(16)10-15-6-8-19(9-7-15)28-5-2/h1,6-9,11-12,14,21-23,25-27H,5,10,13H2,2-3H3/t14-,21-,22+,23-,24+/m1/s1. The van der Waals surface area contributed by atoms with Crippen LogP contribution in [-0.4, -0.2) is 46.3 Å². The highest BCUT2D eigenvalue weighted by Gasteiger charge is 2.57. The van der Waals surface area contributed by atoms with Gasteiger partial charge in [0.25, 0.3) is 0 Å². The van der Waals surface area contributed by atoms with E-state index in [1.165, 1.54) is 0 Å². The van der Waals surface area contributed by atoms with Gasteiger partial charge >= 0.3 is 0 Å². The van der Waals surface area contributed by atoms with Crippen molar-refractivity contribution in [3.63, 3.8) is 0 Å². The van der Waals surface area contributed by atoms with Crippen LogP contribution in [0.1, 0.15) is 41.7 Å². The van der Waals surface area contributed by atoms with Crippen molar-refractivity contribution in [1.29, 1.82) is 0 Å². The fourth-order valence-electron chi connectivity index (χ4n) is 4.21. The minimum absolute atomic E-state index is 0.194. The molecular formula is C24H26O6. The monoisotopic (exact) mass is 410 g/mol. The molecule has 30 heavy (non-hydrogen) atoms. The Morgan fingerprint density at radius 1 is 1.17 bits per heavy atom. The molecule has 4 rings (SSSR count). The zero-order valence-electron chi connectivity index (χ0n) is 17.0. The van der Waals surface area contributed by atoms with E-state index in [0.717, 1.165) is 28.0 Å². The summed E-state index contributed by atoms with van der Waals surface area (Å²) in [4.78, 5) is 0. The minimum Gasteiger partial charge on any atom is -0.494 e. The van der Waals surface area contributed by atoms with Gasteiger partial charge in [-0.05, 0) is 61.2 Å². The van der Waals surface area contributed by atoms with E-state index in [-0.39, 0.29) is 6.61 Å². The van der Waals surface area contributed by atoms with Gasteiger partial charge in [0.2, 0.25) is 5.79 Å². The third kappa shape index (κ3) is 3.39. The SMILES string of the molecule is C#Cc1cc2c(cc1Cc1ccc(OCC)cc1)[C@]1(OC2)O[C@H](C)[C@@H](O)[C@H](O)[C@H]1O. The fraction of sp³-hybridized carbons (Fsp3) is 0.417. The number of rotatable bonds is 4. The first-order valence-electron chi connectivity index (χ1n) is 10.1. The van der Waals surface area contributed by atoms with Crippen LogP contribution in [0.25, 0.3) is 0 Å². The molecule has 158 valence electrons. The Bertz CT molecular complexity index is 963. The quantitative estimate of drug-likeness (QED) is 0.667. The third-order valence-electron chi connectivity index (χ3n) is 5.84. The first kappa shape index (κ1) is 20.9. The van der Waals surface area contributed by atoms with Gasteiger partial charge in [-0.1, -0.05) is 18.1 Å². The molecule has 0 bridgehead atoms. The molecule has 0 radical (unpaired) electrons. The number of ether oxygens (including phenoxy) is 3. The molecule has 2 aliphatic heterocycles. The van der Waals surface area contributed by atoms with Crippen molar-refractivity contribution in [1.82, 2.24) is 0 Å². The number of aliphatic hydroxyl groups excluding tert-OH is 3. The van der Waals surface area contributed by atoms with Crippen molar-refractivity contribution >= 4 is 0 Å². The number of fused-ring (bicyclic) bond motifs is 2. The molecule has 5 atom stereocenters. The third-order valence-corrected chi connectivity index (χ3v) is 5.84. The summed E-state index contributed by atoms with van der Waals surface area (Å²) in [5, 5.41) is 31.1. The second-order valence-electron chi connectivity index (χ2n) is 7.77. The van der Waals surface area contributed by atoms with Gasteiger partial charge in [-0.15, -0.1) is 6.42 Å². The van der Waals surface area contributed by atoms with E-state index in [9.17, 15) is 15.3 Å². The maximum Gasteiger partial charge on any atom is 0.225 e. The van der Waals surface area contributed by atoms with Crippen molar-refractivity contribution < 1.29 is 29.5 Å². The van der Waals surface area contributed by atoms with Crippen LogP contribution >= 0.6 is 0 Å². The number of terminal acetylenes is 1. The van der Waals surface area contributed by atoms with E-state index in [1.54, 1.807) is 6.92 Å². The maximum atomic E-state index is 10.7. The second kappa shape index (κ2) is 8.03. The Labute approximate surface area is 176 Å². The van der Waals surface area contributed by atoms with E-state index in [4.69, 9.17) is 20.6 Å². The van der Waals surface area contributed by atoms with Crippen molar-refractivity contribution in [3.8, 4) is 18.1 Å². The summed E-state index contributed by atoms with van der Waals surface area (Å²) in [5.41, 5.74) is 4.11. The van der Waals surface area contributed by atoms with Gasteiger partial charge in [0.1, 0.15) is 24.1 Å². The Hall–Kier alpha value is -2.40. The lowest BCUT2D eigenvalue weighted by molar-refractivity contribution is -0.362. The highest BCUT2D eigenvalue weighted by atomic mass is 16.7. The van der Waals surface area contributed by atoms with Gasteiger partial charge < -0.3 is 29.5 Å². The lowest BCUT2D eigenvalue weighted by atomic mass is 9.85. The predicted molar refractivity (Wildman–Crippen MR) is 110 cm³/mol. The van der Waals surface area contributed by atoms with Crippen LogP contribution in [0.5, 0.6) is 5.75 Å². The van der Waals surface area contributed by atoms with Gasteiger partial charge in [-0.3, -0.25) is 0 Å². The molecule has 1 spiro atoms. The summed E-state index contributed by atoms with van der Waals surface area (Å²) in [7, 11) is 0. The van der Waals surface area contributed by atoms with Crippen LogP contribution < -0.4 is 4.74 Å². The smallest absolute Gasteiger partial charge is 0.225 e. The maximum absolute atomic E-state index is 10.7. The highest BCUT2D eigenvalue weighted by molar-refractivity contribution is 5.51. The number of benzene rings is 2. The van der Waals surface area contributed by atoms with Gasteiger partial charge in [-0.25, -0.2) is 0 Å². The van der Waals surface area contributed by atoms with Crippen LogP contribution in [-0.2, 0) is 28.3 Å². The predicted octanol–water partition coefficient (Wildman–Crippen LogP) is 1.84. The molecule has 2 aromatic rings. The molecule has 6 nitrogen and oxygen atoms in total. The first-order valence-corrected chi connectivity index (χ1v) is 10.1. The van der Waals surface area contributed by atoms with Crippen LogP contribution in [0.3, 0.4) is 0 Å². The molecular weight excluding hydrogens is 384 g/mol. The average Bonchev–Trinajstić information content (AvgIpc) is 3.10. The summed E-state index contributed by atoms with van der Waals surface area (Å²) in [6, 6.07) is 11.6. The van der Waals surface area contributed by atoms with E-state index >= 15 is 0 Å². The molecule has 6 heteroatoms. The Morgan fingerprint density at radius 2 is 1.90 bits per heavy atom. The van der Waals surface area contributed by atoms with Gasteiger partial charge in [0.15, 0.2) is 0 Å². The molecule has 0 aliphatic carbocycles. The van der Waals surface area contributed by atoms with Crippen molar-refractivity contribution in [2.75, 3.05) is 6.61 Å². The minimum atomic E-state index is -1.53. The summed E-state index contributed by atoms with van der Waals surface area (Å²) in [6.07, 6.45) is 1.60. The van der Waals surface area contributed by atoms with E-state index in [1.807, 2.05) is 43.3 Å². The zero-order chi connectivity index (χ0) is 21.5. The van der Waals surface area contributed by atoms with E-state index < -0.39 is 30.2 Å². The number of hydrogen-bond acceptors (Lipinski definition) is 6. The van der Waals surface area contributed by atoms with E-state index in [2.05, 4.69) is 5.92 Å². The summed E-state index contributed by atoms with van der Waals surface area (Å²) < 4.78 is 17.3. The molecule has 3 N–H and O–H groups in total. The fourth-order valence-corrected chi connectivity index (χ4v) is 4.21. The van der Waals surface area contributed by atoms with Gasteiger partial charge in [-0.2, -0.15) is 0 Å². The van der Waals surface area contributed by atoms with Gasteiger partial charge in [0, 0.05) is 11.1 Å². The average molecular weight is 410 g/mol. The largest absolute Gasteiger partial charge is 0.494 e. The molecule has 1 saturated heterocycles. The summed E-state index contributed by atoms with van der Waals surface area (Å²) >= 11 is 0. The lowest BCUT2D eigenvalue weighted by Gasteiger charge is -2.45. The summed E-state index contributed by atoms with van der Waals surface area (Å²) in [5.74, 6) is 2.00. The van der Waals surface area contributed by atoms with Crippen LogP contribution in [0.2, 0.25) is 0 Å². The lowest BCUT2D eigenvalue weighted by Crippen LogP contribution is -2.62. The molecule has 0 unspecified atom stereocenters. The second-order valence-corrected chi connectivity index (χ2v) is 7.77. The topological polar surface area (TPSA) is 88.4 Å². The van der Waals surface area contributed by atoms with Crippen LogP contribution in [0.4, 0.5) is 0 Å². The Morgan fingerprint density at radius 3 is 2.57 bits per heavy atom. The number of aliphatic hydroxyl groups is 3. The molecule has 0 saturated carbocycles. The van der Waals surface area contributed by atoms with Crippen molar-refractivity contribution in [2.45, 2.75) is 57.1 Å². The normalized spacial score (nSPS) is 30.1. The zero-order valence-corrected chi connectivity index (χ0v) is 17.0. The highest BCUT2D eigenvalue weighted by Crippen LogP contribution is 2.46. The molecule has 1 fully saturated rings. The molecule has 0 amide bonds. The first-order chi connectivity index (χ1) is 14.4. The molecule has 2 aliphatic rings. The van der Waals surface area contributed by atoms with Crippen LogP contribution in [0.15, 0.2) is 36.4 Å². The van der Waals surface area contributed by atoms with Gasteiger partial charge in [0.05, 0.1) is 19.3 Å². The Balaban J connectivity index is 1.71. The molecule has 2 heterocycles. The molecule has 0 aromatic heterocycles. The van der Waals surface area contributed by atoms with Crippen LogP contribution in [0, 0.1) is 12.3 Å². The molecule has 2 aromatic carbocycles. The summed E-state index contributed by atoms with van der Waals surface area (Å²) in [6.45, 7) is 4.38. The Kier molecular flexibility index (Phi) is 5.58. The van der Waals surface area contributed by atoms with Crippen molar-refractivity contribution in [2.24, 2.45) is 0 Å². The van der Waals surface area contributed by atoms with E-state index in [0.29, 0.717) is 18.6 Å². The number of hydrogen-bond donors (Lipinski definition) is 3.